The zero-order valence-electron chi connectivity index (χ0n) is 22.7. The van der Waals surface area contributed by atoms with E-state index < -0.39 is 25.2 Å². The smallest absolute Gasteiger partial charge is 0.421 e. The van der Waals surface area contributed by atoms with Crippen molar-refractivity contribution in [2.75, 3.05) is 38.1 Å². The Morgan fingerprint density at radius 3 is 2.41 bits per heavy atom. The van der Waals surface area contributed by atoms with Crippen LogP contribution >= 0.6 is 7.60 Å². The number of ether oxygens (including phenoxy) is 1. The fraction of sp³-hybridized carbons (Fsp3) is 0.308. The third kappa shape index (κ3) is 6.67. The first-order chi connectivity index (χ1) is 19.5. The summed E-state index contributed by atoms with van der Waals surface area (Å²) in [6.45, 7) is 3.85. The minimum absolute atomic E-state index is 0.000639. The molecule has 4 aromatic rings. The highest BCUT2D eigenvalue weighted by Crippen LogP contribution is 2.51. The Balaban J connectivity index is 1.68. The highest BCUT2D eigenvalue weighted by Gasteiger charge is 2.36. The Labute approximate surface area is 233 Å². The standard InChI is InChI=1S/C26H29F3N5O6P/c1-5-39-41(36,40-6-2)15-16-10-11-19(21(12-16)37-3)32-25-30-13-18(26(27,28)29)23(33-25)31-20-9-7-8-17-14-34(38-4)24(35)22(17)20/h7-14,35H,5-6,15H2,1-4H3,(H2,30,31,32,33). The highest BCUT2D eigenvalue weighted by molar-refractivity contribution is 7.53. The summed E-state index contributed by atoms with van der Waals surface area (Å²) in [5.41, 5.74) is 0.00212. The number of hydrogen-bond acceptors (Lipinski definition) is 10. The second-order valence-corrected chi connectivity index (χ2v) is 10.6. The molecule has 0 aliphatic rings. The lowest BCUT2D eigenvalue weighted by Gasteiger charge is -2.18. The van der Waals surface area contributed by atoms with Gasteiger partial charge in [0.15, 0.2) is 0 Å². The van der Waals surface area contributed by atoms with E-state index in [9.17, 15) is 22.8 Å². The minimum atomic E-state index is -4.77. The predicted octanol–water partition coefficient (Wildman–Crippen LogP) is 6.48. The lowest BCUT2D eigenvalue weighted by atomic mass is 10.2. The molecule has 0 radical (unpaired) electrons. The number of fused-ring (bicyclic) bond motifs is 1. The van der Waals surface area contributed by atoms with Crippen molar-refractivity contribution in [3.05, 3.63) is 59.9 Å². The van der Waals surface area contributed by atoms with Gasteiger partial charge >= 0.3 is 13.8 Å². The number of aromatic nitrogens is 3. The Kier molecular flexibility index (Phi) is 8.95. The lowest BCUT2D eigenvalue weighted by Crippen LogP contribution is -2.13. The number of alkyl halides is 3. The lowest BCUT2D eigenvalue weighted by molar-refractivity contribution is -0.137. The maximum Gasteiger partial charge on any atom is 0.421 e. The van der Waals surface area contributed by atoms with Crippen LogP contribution in [0.2, 0.25) is 0 Å². The number of rotatable bonds is 12. The third-order valence-electron chi connectivity index (χ3n) is 5.87. The summed E-state index contributed by atoms with van der Waals surface area (Å²) in [6.07, 6.45) is -2.63. The van der Waals surface area contributed by atoms with Gasteiger partial charge in [-0.05, 0) is 37.6 Å². The summed E-state index contributed by atoms with van der Waals surface area (Å²) in [5, 5.41) is 16.8. The number of anilines is 4. The molecule has 41 heavy (non-hydrogen) atoms. The summed E-state index contributed by atoms with van der Waals surface area (Å²) in [7, 11) is -0.627. The molecule has 2 aromatic heterocycles. The van der Waals surface area contributed by atoms with Crippen molar-refractivity contribution in [1.29, 1.82) is 0 Å². The van der Waals surface area contributed by atoms with E-state index in [1.807, 2.05) is 0 Å². The van der Waals surface area contributed by atoms with E-state index in [2.05, 4.69) is 20.6 Å². The number of nitrogens with one attached hydrogen (secondary N) is 2. The summed E-state index contributed by atoms with van der Waals surface area (Å²) in [4.78, 5) is 13.0. The van der Waals surface area contributed by atoms with Gasteiger partial charge in [-0.2, -0.15) is 22.9 Å². The fourth-order valence-corrected chi connectivity index (χ4v) is 5.83. The fourth-order valence-electron chi connectivity index (χ4n) is 4.14. The van der Waals surface area contributed by atoms with Crippen molar-refractivity contribution < 1.29 is 41.5 Å². The molecule has 3 N–H and O–H groups in total. The first-order valence-electron chi connectivity index (χ1n) is 12.4. The van der Waals surface area contributed by atoms with Crippen LogP contribution in [0, 0.1) is 0 Å². The Morgan fingerprint density at radius 2 is 1.78 bits per heavy atom. The van der Waals surface area contributed by atoms with Crippen molar-refractivity contribution in [2.45, 2.75) is 26.2 Å². The maximum atomic E-state index is 13.9. The van der Waals surface area contributed by atoms with Crippen molar-refractivity contribution in [3.63, 3.8) is 0 Å². The van der Waals surface area contributed by atoms with Crippen LogP contribution in [0.5, 0.6) is 11.6 Å². The number of halogens is 3. The van der Waals surface area contributed by atoms with Gasteiger partial charge in [0.1, 0.15) is 24.2 Å². The Hall–Kier alpha value is -4.00. The van der Waals surface area contributed by atoms with Crippen LogP contribution in [0.4, 0.5) is 36.3 Å². The average molecular weight is 596 g/mol. The molecule has 0 saturated heterocycles. The number of hydrogen-bond donors (Lipinski definition) is 3. The van der Waals surface area contributed by atoms with Gasteiger partial charge in [-0.25, -0.2) is 4.98 Å². The summed E-state index contributed by atoms with van der Waals surface area (Å²) in [6, 6.07) is 9.65. The summed E-state index contributed by atoms with van der Waals surface area (Å²) < 4.78 is 71.8. The van der Waals surface area contributed by atoms with Crippen molar-refractivity contribution in [2.24, 2.45) is 0 Å². The molecule has 11 nitrogen and oxygen atoms in total. The van der Waals surface area contributed by atoms with E-state index in [0.717, 1.165) is 4.73 Å². The second kappa shape index (κ2) is 12.2. The number of benzene rings is 2. The molecule has 0 unspecified atom stereocenters. The molecule has 0 fully saturated rings. The van der Waals surface area contributed by atoms with Gasteiger partial charge in [0.2, 0.25) is 11.8 Å². The van der Waals surface area contributed by atoms with Crippen LogP contribution in [0.1, 0.15) is 25.0 Å². The van der Waals surface area contributed by atoms with Crippen LogP contribution in [0.3, 0.4) is 0 Å². The van der Waals surface area contributed by atoms with Crippen molar-refractivity contribution in [3.8, 4) is 11.6 Å². The monoisotopic (exact) mass is 595 g/mol. The van der Waals surface area contributed by atoms with Gasteiger partial charge in [-0.15, -0.1) is 0 Å². The zero-order valence-corrected chi connectivity index (χ0v) is 23.5. The van der Waals surface area contributed by atoms with Gasteiger partial charge < -0.3 is 34.4 Å². The van der Waals surface area contributed by atoms with E-state index in [1.165, 1.54) is 26.5 Å². The topological polar surface area (TPSA) is 129 Å². The molecule has 15 heteroatoms. The van der Waals surface area contributed by atoms with E-state index in [-0.39, 0.29) is 42.3 Å². The number of aromatic hydroxyl groups is 1. The number of nitrogens with zero attached hydrogens (tertiary/aromatic N) is 3. The van der Waals surface area contributed by atoms with Crippen LogP contribution in [0.15, 0.2) is 48.8 Å². The van der Waals surface area contributed by atoms with Crippen LogP contribution in [-0.2, 0) is 26.0 Å². The van der Waals surface area contributed by atoms with E-state index in [4.69, 9.17) is 18.6 Å². The first-order valence-corrected chi connectivity index (χ1v) is 14.2. The summed E-state index contributed by atoms with van der Waals surface area (Å²) >= 11 is 0. The first kappa shape index (κ1) is 30.0. The quantitative estimate of drug-likeness (QED) is 0.157. The van der Waals surface area contributed by atoms with Crippen LogP contribution in [-0.4, -0.2) is 47.2 Å². The van der Waals surface area contributed by atoms with Gasteiger partial charge in [0, 0.05) is 11.6 Å². The average Bonchev–Trinajstić information content (AvgIpc) is 3.25. The van der Waals surface area contributed by atoms with Gasteiger partial charge in [-0.1, -0.05) is 18.2 Å². The SMILES string of the molecule is CCOP(=O)(Cc1ccc(Nc2ncc(C(F)(F)F)c(Nc3cccc4cn(OC)c(O)c34)n2)c(OC)c1)OCC. The third-order valence-corrected chi connectivity index (χ3v) is 7.93. The van der Waals surface area contributed by atoms with Gasteiger partial charge in [0.25, 0.3) is 0 Å². The Bertz CT molecular complexity index is 1570. The van der Waals surface area contributed by atoms with E-state index in [0.29, 0.717) is 28.6 Å². The minimum Gasteiger partial charge on any atom is -0.495 e. The highest BCUT2D eigenvalue weighted by atomic mass is 31.2. The molecule has 0 bridgehead atoms. The number of methoxy groups -OCH3 is 1. The molecule has 0 saturated carbocycles. The molecule has 2 heterocycles. The molecular formula is C26H29F3N5O6P. The van der Waals surface area contributed by atoms with Crippen molar-refractivity contribution in [1.82, 2.24) is 14.7 Å². The van der Waals surface area contributed by atoms with Crippen LogP contribution in [0.25, 0.3) is 10.8 Å². The van der Waals surface area contributed by atoms with Crippen molar-refractivity contribution >= 4 is 41.5 Å². The molecule has 2 aromatic carbocycles. The molecule has 0 aliphatic carbocycles. The molecule has 220 valence electrons. The summed E-state index contributed by atoms with van der Waals surface area (Å²) in [5.74, 6) is -0.700. The van der Waals surface area contributed by atoms with E-state index in [1.54, 1.807) is 44.2 Å². The largest absolute Gasteiger partial charge is 0.495 e. The zero-order chi connectivity index (χ0) is 29.8. The van der Waals surface area contributed by atoms with Gasteiger partial charge in [-0.3, -0.25) is 4.57 Å². The molecular weight excluding hydrogens is 566 g/mol. The maximum absolute atomic E-state index is 13.9. The molecule has 0 spiro atoms. The molecule has 0 amide bonds. The Morgan fingerprint density at radius 1 is 1.05 bits per heavy atom. The normalized spacial score (nSPS) is 12.0. The van der Waals surface area contributed by atoms with Crippen LogP contribution < -0.4 is 20.2 Å². The van der Waals surface area contributed by atoms with Gasteiger partial charge in [0.05, 0.1) is 49.4 Å². The predicted molar refractivity (Wildman–Crippen MR) is 147 cm³/mol. The van der Waals surface area contributed by atoms with E-state index >= 15 is 0 Å². The molecule has 4 rings (SSSR count). The molecule has 0 atom stereocenters. The molecule has 0 aliphatic heterocycles. The second-order valence-electron chi connectivity index (χ2n) is 8.57.